The summed E-state index contributed by atoms with van der Waals surface area (Å²) in [5.41, 5.74) is 2.23. The van der Waals surface area contributed by atoms with E-state index < -0.39 is 54.7 Å². The van der Waals surface area contributed by atoms with E-state index in [1.165, 1.54) is 29.2 Å². The van der Waals surface area contributed by atoms with Crippen molar-refractivity contribution in [3.63, 3.8) is 0 Å². The maximum Gasteiger partial charge on any atom is 0.430 e. The fourth-order valence-electron chi connectivity index (χ4n) is 9.19. The molecule has 3 aromatic rings. The van der Waals surface area contributed by atoms with Gasteiger partial charge in [-0.25, -0.2) is 9.36 Å². The molecule has 84 heavy (non-hydrogen) atoms. The number of anilines is 1. The number of nitrogens with zero attached hydrogens (tertiary/aromatic N) is 3. The maximum atomic E-state index is 13.3. The summed E-state index contributed by atoms with van der Waals surface area (Å²) in [5, 5.41) is 60.9. The molecule has 2 fully saturated rings. The number of alkyl halides is 3. The Hall–Kier alpha value is -8.07. The fourth-order valence-corrected chi connectivity index (χ4v) is 9.19. The second-order valence-corrected chi connectivity index (χ2v) is 20.3. The molecule has 2 aromatic carbocycles. The normalized spacial score (nSPS) is 18.9. The molecule has 0 saturated carbocycles. The summed E-state index contributed by atoms with van der Waals surface area (Å²) in [4.78, 5) is 111. The van der Waals surface area contributed by atoms with Gasteiger partial charge in [0.2, 0.25) is 29.9 Å². The first-order valence-electron chi connectivity index (χ1n) is 27.8. The van der Waals surface area contributed by atoms with Crippen molar-refractivity contribution in [2.45, 2.75) is 133 Å². The van der Waals surface area contributed by atoms with E-state index in [9.17, 15) is 72.0 Å². The third-order valence-electron chi connectivity index (χ3n) is 13.8. The third kappa shape index (κ3) is 22.6. The van der Waals surface area contributed by atoms with Gasteiger partial charge >= 0.3 is 12.1 Å². The van der Waals surface area contributed by atoms with Gasteiger partial charge in [0, 0.05) is 99.5 Å². The first-order valence-corrected chi connectivity index (χ1v) is 27.8. The molecule has 2 saturated heterocycles. The molecule has 0 spiro atoms. The van der Waals surface area contributed by atoms with Gasteiger partial charge in [-0.2, -0.15) is 13.2 Å². The molecule has 6 rings (SSSR count). The van der Waals surface area contributed by atoms with Crippen molar-refractivity contribution in [1.82, 2.24) is 25.8 Å². The number of carbonyl (C=O) groups excluding carboxylic acids is 8. The SMILES string of the molecule is O=C(/C=C/c1ccc[n+](Cc2ccc(O[C@@H]3O[C@H](C(=O)O)[C@@H](O)[C@H](O)[C@H]3O)c(NC(=O)CCNC(=O)CCCCCNC(=O)CCCCCN3C(=O)C=CC3=O)c2)c1)NCCCCC1CCN(C(=O)c2ccccc2)CC1.O=C([O-])C(F)(F)F. The Kier molecular flexibility index (Phi) is 26.9. The van der Waals surface area contributed by atoms with Crippen molar-refractivity contribution in [2.75, 3.05) is 44.6 Å². The molecule has 456 valence electrons. The van der Waals surface area contributed by atoms with E-state index in [0.717, 1.165) is 50.8 Å². The highest BCUT2D eigenvalue weighted by Crippen LogP contribution is 2.31. The Labute approximate surface area is 482 Å². The van der Waals surface area contributed by atoms with E-state index >= 15 is 0 Å². The number of rotatable bonds is 29. The molecule has 0 bridgehead atoms. The molecule has 23 nitrogen and oxygen atoms in total. The minimum atomic E-state index is -5.19. The van der Waals surface area contributed by atoms with Crippen LogP contribution in [0, 0.1) is 5.92 Å². The zero-order chi connectivity index (χ0) is 61.2. The number of carbonyl (C=O) groups is 9. The van der Waals surface area contributed by atoms with Crippen molar-refractivity contribution < 1.29 is 95.9 Å². The lowest BCUT2D eigenvalue weighted by molar-refractivity contribution is -0.688. The van der Waals surface area contributed by atoms with Crippen molar-refractivity contribution in [2.24, 2.45) is 5.92 Å². The lowest BCUT2D eigenvalue weighted by Crippen LogP contribution is -2.61. The highest BCUT2D eigenvalue weighted by atomic mass is 19.4. The number of halogens is 3. The van der Waals surface area contributed by atoms with Gasteiger partial charge in [-0.05, 0) is 93.3 Å². The van der Waals surface area contributed by atoms with Gasteiger partial charge in [0.05, 0.1) is 5.69 Å². The Balaban J connectivity index is 0.00000173. The van der Waals surface area contributed by atoms with Gasteiger partial charge < -0.3 is 66.0 Å². The number of unbranched alkanes of at least 4 members (excludes halogenated alkanes) is 5. The highest BCUT2D eigenvalue weighted by molar-refractivity contribution is 6.12. The number of hydrogen-bond donors (Lipinski definition) is 8. The molecular weight excluding hydrogens is 1110 g/mol. The number of amides is 7. The molecule has 0 radical (unpaired) electrons. The number of aliphatic carboxylic acids is 2. The average Bonchev–Trinajstić information content (AvgIpc) is 2.69. The number of hydrogen-bond acceptors (Lipinski definition) is 15. The quantitative estimate of drug-likeness (QED) is 0.0213. The Morgan fingerprint density at radius 1 is 0.738 bits per heavy atom. The van der Waals surface area contributed by atoms with Crippen LogP contribution in [0.25, 0.3) is 6.08 Å². The smallest absolute Gasteiger partial charge is 0.430 e. The van der Waals surface area contributed by atoms with Crippen molar-refractivity contribution in [3.8, 4) is 5.75 Å². The predicted octanol–water partition coefficient (Wildman–Crippen LogP) is 2.05. The van der Waals surface area contributed by atoms with Crippen LogP contribution in [0.15, 0.2) is 91.3 Å². The summed E-state index contributed by atoms with van der Waals surface area (Å²) < 4.78 is 44.6. The van der Waals surface area contributed by atoms with Gasteiger partial charge in [0.25, 0.3) is 17.7 Å². The average molecular weight is 1180 g/mol. The van der Waals surface area contributed by atoms with Gasteiger partial charge in [-0.3, -0.25) is 38.5 Å². The Morgan fingerprint density at radius 2 is 1.37 bits per heavy atom. The molecule has 1 aromatic heterocycles. The number of pyridine rings is 1. The second-order valence-electron chi connectivity index (χ2n) is 20.3. The highest BCUT2D eigenvalue weighted by Gasteiger charge is 2.48. The number of ether oxygens (including phenoxy) is 2. The van der Waals surface area contributed by atoms with Crippen LogP contribution in [-0.4, -0.2) is 160 Å². The number of aliphatic hydroxyl groups excluding tert-OH is 3. The zero-order valence-electron chi connectivity index (χ0n) is 46.2. The summed E-state index contributed by atoms with van der Waals surface area (Å²) in [7, 11) is 0. The molecule has 3 aliphatic heterocycles. The zero-order valence-corrected chi connectivity index (χ0v) is 46.2. The molecule has 4 heterocycles. The van der Waals surface area contributed by atoms with Crippen LogP contribution >= 0.6 is 0 Å². The van der Waals surface area contributed by atoms with Crippen LogP contribution in [0.5, 0.6) is 5.75 Å². The number of nitrogens with one attached hydrogen (secondary N) is 4. The van der Waals surface area contributed by atoms with E-state index in [4.69, 9.17) is 19.4 Å². The van der Waals surface area contributed by atoms with Crippen LogP contribution < -0.4 is 35.7 Å². The molecule has 7 amide bonds. The summed E-state index contributed by atoms with van der Waals surface area (Å²) in [5.74, 6) is -5.75. The molecule has 3 aliphatic rings. The number of imide groups is 1. The van der Waals surface area contributed by atoms with Gasteiger partial charge in [0.15, 0.2) is 25.0 Å². The van der Waals surface area contributed by atoms with Crippen LogP contribution in [0.4, 0.5) is 18.9 Å². The third-order valence-corrected chi connectivity index (χ3v) is 13.8. The standard InChI is InChI=1S/C56H71N7O14.C2HF3O2/c64-44(18-7-3-11-32-63-48(68)23-24-49(63)69)57-28-9-2-6-17-45(65)59-30-25-47(67)60-42-35-40(19-21-43(42)76-56-52(72)50(70)51(71)53(77-56)55(74)75)37-61-31-12-14-39(36-61)20-22-46(66)58-29-10-8-13-38-26-33-62(34-27-38)54(73)41-15-4-1-5-16-41;3-2(4,5)1(6)7/h1,4-5,12,14-16,19-24,31,35-36,38,50-53,56,70-72H,2-3,6-11,13,17-18,25-30,32-34,37H2,(H4-,57,58,59,60,64,65,66,67,74,75);(H,6,7)/b22-20+;/t50-,51-,52+,53-,56+;/m0./s1. The minimum absolute atomic E-state index is 0.00165. The fraction of sp³-hybridized carbons (Fsp3) is 0.483. The molecule has 5 atom stereocenters. The lowest BCUT2D eigenvalue weighted by atomic mass is 9.91. The largest absolute Gasteiger partial charge is 0.542 e. The number of benzene rings is 2. The predicted molar refractivity (Wildman–Crippen MR) is 291 cm³/mol. The van der Waals surface area contributed by atoms with Crippen molar-refractivity contribution in [3.05, 3.63) is 108 Å². The molecular formula is C58H72F3N7O16. The van der Waals surface area contributed by atoms with Crippen molar-refractivity contribution in [1.29, 1.82) is 0 Å². The summed E-state index contributed by atoms with van der Waals surface area (Å²) in [6.45, 7) is 3.11. The first-order chi connectivity index (χ1) is 40.1. The summed E-state index contributed by atoms with van der Waals surface area (Å²) in [6, 6.07) is 17.7. The topological polar surface area (TPSA) is 335 Å². The van der Waals surface area contributed by atoms with E-state index in [-0.39, 0.29) is 72.8 Å². The summed E-state index contributed by atoms with van der Waals surface area (Å²) in [6.07, 6.45) is 3.76. The van der Waals surface area contributed by atoms with Gasteiger partial charge in [-0.1, -0.05) is 43.9 Å². The molecule has 0 aliphatic carbocycles. The number of carboxylic acids is 2. The van der Waals surface area contributed by atoms with E-state index in [2.05, 4.69) is 21.3 Å². The minimum Gasteiger partial charge on any atom is -0.542 e. The molecule has 0 unspecified atom stereocenters. The van der Waals surface area contributed by atoms with Gasteiger partial charge in [0.1, 0.15) is 30.0 Å². The number of carboxylic acid groups (broad SMARTS) is 2. The van der Waals surface area contributed by atoms with Crippen LogP contribution in [0.1, 0.15) is 111 Å². The maximum absolute atomic E-state index is 13.3. The Morgan fingerprint density at radius 3 is 2.02 bits per heavy atom. The number of aromatic nitrogens is 1. The van der Waals surface area contributed by atoms with Crippen LogP contribution in [-0.2, 0) is 49.6 Å². The lowest BCUT2D eigenvalue weighted by Gasteiger charge is -2.38. The van der Waals surface area contributed by atoms with E-state index in [1.807, 2.05) is 64.3 Å². The molecule has 8 N–H and O–H groups in total. The first kappa shape index (κ1) is 66.7. The van der Waals surface area contributed by atoms with Crippen molar-refractivity contribution >= 4 is 65.1 Å². The van der Waals surface area contributed by atoms with Crippen LogP contribution in [0.2, 0.25) is 0 Å². The Bertz CT molecular complexity index is 2780. The number of aliphatic hydroxyl groups is 3. The van der Waals surface area contributed by atoms with Crippen LogP contribution in [0.3, 0.4) is 0 Å². The summed E-state index contributed by atoms with van der Waals surface area (Å²) >= 11 is 0. The van der Waals surface area contributed by atoms with E-state index in [0.29, 0.717) is 81.6 Å². The number of likely N-dealkylation sites (tertiary alicyclic amines) is 1. The van der Waals surface area contributed by atoms with Gasteiger partial charge in [-0.15, -0.1) is 0 Å². The molecule has 26 heteroatoms. The van der Waals surface area contributed by atoms with E-state index in [1.54, 1.807) is 18.2 Å². The monoisotopic (exact) mass is 1180 g/mol. The number of piperidine rings is 1. The second kappa shape index (κ2) is 33.9.